The number of anilines is 1. The quantitative estimate of drug-likeness (QED) is 0.715. The summed E-state index contributed by atoms with van der Waals surface area (Å²) in [6.07, 6.45) is 3.00. The van der Waals surface area contributed by atoms with E-state index in [1.807, 2.05) is 4.90 Å². The number of methoxy groups -OCH3 is 1. The first kappa shape index (κ1) is 20.5. The fourth-order valence-corrected chi connectivity index (χ4v) is 4.05. The Balaban J connectivity index is 1.48. The zero-order valence-corrected chi connectivity index (χ0v) is 16.3. The molecule has 154 valence electrons. The maximum atomic E-state index is 13.2. The normalized spacial score (nSPS) is 19.9. The Hall–Kier alpha value is -2.19. The molecule has 7 nitrogen and oxygen atoms in total. The number of hydrogen-bond acceptors (Lipinski definition) is 4. The molecular formula is C20H29FN4O3. The first-order valence-corrected chi connectivity index (χ1v) is 9.84. The lowest BCUT2D eigenvalue weighted by Crippen LogP contribution is -2.55. The van der Waals surface area contributed by atoms with E-state index in [1.54, 1.807) is 7.11 Å². The van der Waals surface area contributed by atoms with Crippen molar-refractivity contribution in [2.75, 3.05) is 45.2 Å². The molecule has 2 aliphatic heterocycles. The van der Waals surface area contributed by atoms with Crippen LogP contribution in [0.15, 0.2) is 24.3 Å². The molecule has 3 amide bonds. The van der Waals surface area contributed by atoms with Crippen molar-refractivity contribution in [3.63, 3.8) is 0 Å². The maximum absolute atomic E-state index is 13.2. The Morgan fingerprint density at radius 2 is 1.86 bits per heavy atom. The number of piperidine rings is 2. The second-order valence-corrected chi connectivity index (χ2v) is 7.64. The fraction of sp³-hybridized carbons (Fsp3) is 0.600. The summed E-state index contributed by atoms with van der Waals surface area (Å²) in [4.78, 5) is 27.2. The van der Waals surface area contributed by atoms with Crippen molar-refractivity contribution in [1.29, 1.82) is 0 Å². The van der Waals surface area contributed by atoms with Gasteiger partial charge in [0.2, 0.25) is 5.91 Å². The topological polar surface area (TPSA) is 82.7 Å². The fourth-order valence-electron chi connectivity index (χ4n) is 4.05. The highest BCUT2D eigenvalue weighted by Gasteiger charge is 2.43. The first-order valence-electron chi connectivity index (χ1n) is 9.84. The van der Waals surface area contributed by atoms with Gasteiger partial charge < -0.3 is 25.6 Å². The van der Waals surface area contributed by atoms with Gasteiger partial charge in [0.15, 0.2) is 0 Å². The van der Waals surface area contributed by atoms with E-state index in [-0.39, 0.29) is 23.8 Å². The van der Waals surface area contributed by atoms with Crippen LogP contribution in [0.5, 0.6) is 0 Å². The minimum Gasteiger partial charge on any atom is -0.384 e. The zero-order chi connectivity index (χ0) is 20.0. The number of urea groups is 1. The van der Waals surface area contributed by atoms with Gasteiger partial charge in [-0.05, 0) is 63.0 Å². The van der Waals surface area contributed by atoms with E-state index in [2.05, 4.69) is 16.0 Å². The summed E-state index contributed by atoms with van der Waals surface area (Å²) in [7, 11) is 1.65. The van der Waals surface area contributed by atoms with Gasteiger partial charge in [0.25, 0.3) is 0 Å². The van der Waals surface area contributed by atoms with Crippen LogP contribution in [0.1, 0.15) is 25.7 Å². The number of carbonyl (C=O) groups is 2. The molecule has 3 N–H and O–H groups in total. The smallest absolute Gasteiger partial charge is 0.319 e. The molecule has 0 atom stereocenters. The molecule has 0 aliphatic carbocycles. The van der Waals surface area contributed by atoms with Gasteiger partial charge in [-0.1, -0.05) is 0 Å². The van der Waals surface area contributed by atoms with Crippen molar-refractivity contribution in [3.05, 3.63) is 30.1 Å². The third kappa shape index (κ3) is 4.99. The SMILES string of the molecule is COCC1(C(=O)N2CCC(NC(=O)Nc3ccc(F)cc3)CC2)CCNCC1. The monoisotopic (exact) mass is 392 g/mol. The van der Waals surface area contributed by atoms with Gasteiger partial charge >= 0.3 is 6.03 Å². The second-order valence-electron chi connectivity index (χ2n) is 7.64. The molecule has 0 radical (unpaired) electrons. The number of halogens is 1. The Labute approximate surface area is 165 Å². The first-order chi connectivity index (χ1) is 13.5. The van der Waals surface area contributed by atoms with Crippen LogP contribution < -0.4 is 16.0 Å². The van der Waals surface area contributed by atoms with Gasteiger partial charge in [-0.3, -0.25) is 4.79 Å². The highest BCUT2D eigenvalue weighted by Crippen LogP contribution is 2.32. The summed E-state index contributed by atoms with van der Waals surface area (Å²) in [5, 5.41) is 8.95. The predicted molar refractivity (Wildman–Crippen MR) is 105 cm³/mol. The van der Waals surface area contributed by atoms with Crippen molar-refractivity contribution >= 4 is 17.6 Å². The van der Waals surface area contributed by atoms with Crippen molar-refractivity contribution in [3.8, 4) is 0 Å². The molecule has 1 aromatic carbocycles. The van der Waals surface area contributed by atoms with E-state index < -0.39 is 5.41 Å². The Bertz CT molecular complexity index is 663. The maximum Gasteiger partial charge on any atom is 0.319 e. The van der Waals surface area contributed by atoms with Gasteiger partial charge in [0.05, 0.1) is 12.0 Å². The lowest BCUT2D eigenvalue weighted by atomic mass is 9.78. The molecule has 2 aliphatic rings. The summed E-state index contributed by atoms with van der Waals surface area (Å²) < 4.78 is 18.3. The van der Waals surface area contributed by atoms with E-state index in [4.69, 9.17) is 4.74 Å². The van der Waals surface area contributed by atoms with Gasteiger partial charge in [-0.25, -0.2) is 9.18 Å². The Morgan fingerprint density at radius 1 is 1.21 bits per heavy atom. The highest BCUT2D eigenvalue weighted by molar-refractivity contribution is 5.89. The Kier molecular flexibility index (Phi) is 6.85. The molecular weight excluding hydrogens is 363 g/mol. The van der Waals surface area contributed by atoms with Crippen LogP contribution in [-0.4, -0.2) is 62.8 Å². The van der Waals surface area contributed by atoms with E-state index in [1.165, 1.54) is 24.3 Å². The molecule has 0 spiro atoms. The predicted octanol–water partition coefficient (Wildman–Crippen LogP) is 1.95. The number of benzene rings is 1. The molecule has 1 aromatic rings. The second kappa shape index (κ2) is 9.34. The molecule has 0 bridgehead atoms. The van der Waals surface area contributed by atoms with Crippen molar-refractivity contribution in [1.82, 2.24) is 15.5 Å². The summed E-state index contributed by atoms with van der Waals surface area (Å²) in [6.45, 7) is 3.36. The Morgan fingerprint density at radius 3 is 2.46 bits per heavy atom. The molecule has 28 heavy (non-hydrogen) atoms. The number of ether oxygens (including phenoxy) is 1. The summed E-state index contributed by atoms with van der Waals surface area (Å²) in [6, 6.07) is 5.34. The number of amides is 3. The third-order valence-electron chi connectivity index (χ3n) is 5.65. The number of rotatable bonds is 5. The van der Waals surface area contributed by atoms with Crippen LogP contribution in [0.2, 0.25) is 0 Å². The third-order valence-corrected chi connectivity index (χ3v) is 5.65. The average Bonchev–Trinajstić information content (AvgIpc) is 2.71. The van der Waals surface area contributed by atoms with Crippen LogP contribution in [-0.2, 0) is 9.53 Å². The number of hydrogen-bond donors (Lipinski definition) is 3. The average molecular weight is 392 g/mol. The zero-order valence-electron chi connectivity index (χ0n) is 16.3. The van der Waals surface area contributed by atoms with Gasteiger partial charge in [-0.15, -0.1) is 0 Å². The van der Waals surface area contributed by atoms with Crippen LogP contribution >= 0.6 is 0 Å². The molecule has 0 saturated carbocycles. The van der Waals surface area contributed by atoms with E-state index in [0.29, 0.717) is 38.2 Å². The standard InChI is InChI=1S/C20H29FN4O3/c1-28-14-20(8-10-22-11-9-20)18(26)25-12-6-17(7-13-25)24-19(27)23-16-4-2-15(21)3-5-16/h2-5,17,22H,6-14H2,1H3,(H2,23,24,27). The van der Waals surface area contributed by atoms with Gasteiger partial charge in [0, 0.05) is 31.9 Å². The van der Waals surface area contributed by atoms with Crippen LogP contribution in [0, 0.1) is 11.2 Å². The van der Waals surface area contributed by atoms with Crippen LogP contribution in [0.3, 0.4) is 0 Å². The van der Waals surface area contributed by atoms with Crippen molar-refractivity contribution in [2.24, 2.45) is 5.41 Å². The largest absolute Gasteiger partial charge is 0.384 e. The minimum absolute atomic E-state index is 0.0101. The number of nitrogens with zero attached hydrogens (tertiary/aromatic N) is 1. The molecule has 0 aromatic heterocycles. The summed E-state index contributed by atoms with van der Waals surface area (Å²) >= 11 is 0. The van der Waals surface area contributed by atoms with E-state index in [9.17, 15) is 14.0 Å². The van der Waals surface area contributed by atoms with Crippen molar-refractivity contribution in [2.45, 2.75) is 31.7 Å². The van der Waals surface area contributed by atoms with Gasteiger partial charge in [-0.2, -0.15) is 0 Å². The lowest BCUT2D eigenvalue weighted by molar-refractivity contribution is -0.148. The van der Waals surface area contributed by atoms with E-state index >= 15 is 0 Å². The number of carbonyl (C=O) groups excluding carboxylic acids is 2. The van der Waals surface area contributed by atoms with Crippen LogP contribution in [0.25, 0.3) is 0 Å². The molecule has 3 rings (SSSR count). The molecule has 8 heteroatoms. The van der Waals surface area contributed by atoms with Crippen LogP contribution in [0.4, 0.5) is 14.9 Å². The molecule has 2 saturated heterocycles. The van der Waals surface area contributed by atoms with Gasteiger partial charge in [0.1, 0.15) is 5.82 Å². The lowest BCUT2D eigenvalue weighted by Gasteiger charge is -2.42. The number of likely N-dealkylation sites (tertiary alicyclic amines) is 1. The molecule has 2 heterocycles. The summed E-state index contributed by atoms with van der Waals surface area (Å²) in [5.74, 6) is -0.173. The minimum atomic E-state index is -0.430. The van der Waals surface area contributed by atoms with Crippen molar-refractivity contribution < 1.29 is 18.7 Å². The summed E-state index contributed by atoms with van der Waals surface area (Å²) in [5.41, 5.74) is 0.110. The molecule has 2 fully saturated rings. The van der Waals surface area contributed by atoms with E-state index in [0.717, 1.165) is 25.9 Å². The number of nitrogens with one attached hydrogen (secondary N) is 3. The highest BCUT2D eigenvalue weighted by atomic mass is 19.1. The molecule has 0 unspecified atom stereocenters.